The van der Waals surface area contributed by atoms with Gasteiger partial charge >= 0.3 is 0 Å². The summed E-state index contributed by atoms with van der Waals surface area (Å²) >= 11 is 0. The third-order valence-electron chi connectivity index (χ3n) is 5.97. The summed E-state index contributed by atoms with van der Waals surface area (Å²) in [7, 11) is -7.62. The summed E-state index contributed by atoms with van der Waals surface area (Å²) in [5.74, 6) is -0.159. The van der Waals surface area contributed by atoms with E-state index in [1.165, 1.54) is 18.3 Å². The molecule has 2 atom stereocenters. The summed E-state index contributed by atoms with van der Waals surface area (Å²) in [6.07, 6.45) is 3.59. The number of pyridine rings is 1. The van der Waals surface area contributed by atoms with E-state index in [-0.39, 0.29) is 35.0 Å². The van der Waals surface area contributed by atoms with Crippen LogP contribution in [0.2, 0.25) is 0 Å². The Morgan fingerprint density at radius 3 is 2.54 bits per heavy atom. The standard InChI is InChI=1S/C26H29N3O6S2/c1-19-18-35-25-13-6-5-11-23(25)20-15-22(17-27-16-20)36(31,32)14-8-7-12-24(26(30)28-19)29-37(33,34)21-9-3-2-4-10-21/h2-6,9-11,13,15-17,19,24,29H,7-8,12,14,18H2,1H3,(H,28,30)/t19-,24+/m1/s1. The van der Waals surface area contributed by atoms with E-state index in [0.29, 0.717) is 23.3 Å². The van der Waals surface area contributed by atoms with Gasteiger partial charge in [0.25, 0.3) is 0 Å². The molecule has 196 valence electrons. The minimum Gasteiger partial charge on any atom is -0.491 e. The monoisotopic (exact) mass is 543 g/mol. The first-order chi connectivity index (χ1) is 17.7. The summed E-state index contributed by atoms with van der Waals surface area (Å²) in [6.45, 7) is 1.88. The van der Waals surface area contributed by atoms with E-state index in [1.54, 1.807) is 49.5 Å². The highest BCUT2D eigenvalue weighted by Crippen LogP contribution is 2.31. The second kappa shape index (κ2) is 11.4. The van der Waals surface area contributed by atoms with Crippen LogP contribution in [0.1, 0.15) is 26.2 Å². The van der Waals surface area contributed by atoms with Gasteiger partial charge in [0.15, 0.2) is 9.84 Å². The molecule has 0 spiro atoms. The fourth-order valence-corrected chi connectivity index (χ4v) is 6.62. The molecule has 2 aromatic carbocycles. The molecule has 0 fully saturated rings. The van der Waals surface area contributed by atoms with Crippen molar-refractivity contribution >= 4 is 25.8 Å². The summed E-state index contributed by atoms with van der Waals surface area (Å²) < 4.78 is 60.3. The van der Waals surface area contributed by atoms with Gasteiger partial charge < -0.3 is 10.1 Å². The maximum atomic E-state index is 13.1. The molecule has 2 heterocycles. The lowest BCUT2D eigenvalue weighted by atomic mass is 10.1. The Labute approximate surface area is 217 Å². The number of hydrogen-bond acceptors (Lipinski definition) is 7. The highest BCUT2D eigenvalue weighted by Gasteiger charge is 2.27. The van der Waals surface area contributed by atoms with E-state index in [4.69, 9.17) is 4.74 Å². The van der Waals surface area contributed by atoms with Crippen molar-refractivity contribution < 1.29 is 26.4 Å². The lowest BCUT2D eigenvalue weighted by Crippen LogP contribution is -2.50. The zero-order valence-electron chi connectivity index (χ0n) is 20.3. The van der Waals surface area contributed by atoms with E-state index in [1.807, 2.05) is 12.1 Å². The molecule has 4 rings (SSSR count). The zero-order valence-corrected chi connectivity index (χ0v) is 22.0. The number of sulfone groups is 1. The number of nitrogens with one attached hydrogen (secondary N) is 2. The number of rotatable bonds is 3. The SMILES string of the molecule is C[C@@H]1COc2ccccc2-c2cncc(c2)S(=O)(=O)CCCC[C@H](NS(=O)(=O)c2ccccc2)C(=O)N1. The molecule has 0 unspecified atom stereocenters. The number of sulfonamides is 1. The Morgan fingerprint density at radius 1 is 1.03 bits per heavy atom. The number of aromatic nitrogens is 1. The number of fused-ring (bicyclic) bond motifs is 4. The molecular weight excluding hydrogens is 514 g/mol. The van der Waals surface area contributed by atoms with Crippen molar-refractivity contribution in [1.82, 2.24) is 15.0 Å². The average Bonchev–Trinajstić information content (AvgIpc) is 2.89. The van der Waals surface area contributed by atoms with Crippen LogP contribution in [0.15, 0.2) is 82.8 Å². The van der Waals surface area contributed by atoms with Crippen LogP contribution in [-0.2, 0) is 24.7 Å². The number of ether oxygens (including phenoxy) is 1. The average molecular weight is 544 g/mol. The minimum absolute atomic E-state index is 0.0397. The van der Waals surface area contributed by atoms with Crippen molar-refractivity contribution in [3.8, 4) is 16.9 Å². The third-order valence-corrected chi connectivity index (χ3v) is 9.23. The van der Waals surface area contributed by atoms with Gasteiger partial charge in [-0.15, -0.1) is 0 Å². The molecule has 11 heteroatoms. The van der Waals surface area contributed by atoms with E-state index in [2.05, 4.69) is 15.0 Å². The summed E-state index contributed by atoms with van der Waals surface area (Å²) in [5, 5.41) is 2.82. The highest BCUT2D eigenvalue weighted by molar-refractivity contribution is 7.91. The molecule has 1 aliphatic rings. The third kappa shape index (κ3) is 6.73. The molecule has 0 aliphatic carbocycles. The molecule has 2 bridgehead atoms. The first-order valence-corrected chi connectivity index (χ1v) is 15.1. The minimum atomic E-state index is -3.97. The molecule has 1 amide bonds. The van der Waals surface area contributed by atoms with Gasteiger partial charge in [0.05, 0.1) is 21.6 Å². The number of amides is 1. The van der Waals surface area contributed by atoms with Crippen LogP contribution in [0.25, 0.3) is 11.1 Å². The molecule has 1 aromatic heterocycles. The van der Waals surface area contributed by atoms with Gasteiger partial charge in [-0.1, -0.05) is 42.8 Å². The second-order valence-electron chi connectivity index (χ2n) is 8.93. The number of hydrogen-bond donors (Lipinski definition) is 2. The van der Waals surface area contributed by atoms with E-state index in [9.17, 15) is 21.6 Å². The Morgan fingerprint density at radius 2 is 1.76 bits per heavy atom. The van der Waals surface area contributed by atoms with Crippen molar-refractivity contribution in [3.63, 3.8) is 0 Å². The van der Waals surface area contributed by atoms with Gasteiger partial charge in [0.2, 0.25) is 15.9 Å². The predicted octanol–water partition coefficient (Wildman–Crippen LogP) is 2.94. The van der Waals surface area contributed by atoms with Crippen LogP contribution in [0.5, 0.6) is 5.75 Å². The van der Waals surface area contributed by atoms with Gasteiger partial charge in [-0.2, -0.15) is 4.72 Å². The van der Waals surface area contributed by atoms with Crippen LogP contribution < -0.4 is 14.8 Å². The van der Waals surface area contributed by atoms with E-state index < -0.39 is 37.9 Å². The summed E-state index contributed by atoms with van der Waals surface area (Å²) in [4.78, 5) is 17.4. The quantitative estimate of drug-likeness (QED) is 0.519. The maximum absolute atomic E-state index is 13.1. The largest absolute Gasteiger partial charge is 0.491 e. The van der Waals surface area contributed by atoms with Gasteiger partial charge in [-0.25, -0.2) is 16.8 Å². The molecule has 0 saturated carbocycles. The van der Waals surface area contributed by atoms with Crippen molar-refractivity contribution in [3.05, 3.63) is 73.1 Å². The molecule has 3 aromatic rings. The second-order valence-corrected chi connectivity index (χ2v) is 12.8. The lowest BCUT2D eigenvalue weighted by Gasteiger charge is -2.22. The fraction of sp³-hybridized carbons (Fsp3) is 0.308. The fourth-order valence-electron chi connectivity index (χ4n) is 4.02. The molecule has 37 heavy (non-hydrogen) atoms. The van der Waals surface area contributed by atoms with Gasteiger partial charge in [0.1, 0.15) is 18.4 Å². The molecule has 2 N–H and O–H groups in total. The Kier molecular flexibility index (Phi) is 8.25. The van der Waals surface area contributed by atoms with Crippen molar-refractivity contribution in [2.24, 2.45) is 0 Å². The lowest BCUT2D eigenvalue weighted by molar-refractivity contribution is -0.123. The van der Waals surface area contributed by atoms with Crippen LogP contribution in [0, 0.1) is 0 Å². The first-order valence-electron chi connectivity index (χ1n) is 11.9. The van der Waals surface area contributed by atoms with Crippen molar-refractivity contribution in [1.29, 1.82) is 0 Å². The summed E-state index contributed by atoms with van der Waals surface area (Å²) in [5.41, 5.74) is 1.28. The van der Waals surface area contributed by atoms with Crippen LogP contribution in [-0.4, -0.2) is 52.2 Å². The predicted molar refractivity (Wildman–Crippen MR) is 139 cm³/mol. The Hall–Kier alpha value is -3.28. The molecular formula is C26H29N3O6S2. The number of nitrogens with zero attached hydrogens (tertiary/aromatic N) is 1. The Balaban J connectivity index is 1.63. The van der Waals surface area contributed by atoms with Crippen LogP contribution in [0.3, 0.4) is 0 Å². The normalized spacial score (nSPS) is 20.7. The highest BCUT2D eigenvalue weighted by atomic mass is 32.2. The molecule has 0 saturated heterocycles. The van der Waals surface area contributed by atoms with Crippen molar-refractivity contribution in [2.75, 3.05) is 12.4 Å². The number of carbonyl (C=O) groups excluding carboxylic acids is 1. The first kappa shape index (κ1) is 26.8. The summed E-state index contributed by atoms with van der Waals surface area (Å²) in [6, 6.07) is 15.0. The molecule has 0 radical (unpaired) electrons. The van der Waals surface area contributed by atoms with Gasteiger partial charge in [0, 0.05) is 23.5 Å². The van der Waals surface area contributed by atoms with Crippen LogP contribution in [0.4, 0.5) is 0 Å². The molecule has 1 aliphatic heterocycles. The van der Waals surface area contributed by atoms with E-state index in [0.717, 1.165) is 0 Å². The Bertz CT molecular complexity index is 1460. The van der Waals surface area contributed by atoms with Gasteiger partial charge in [-0.05, 0) is 44.0 Å². The smallest absolute Gasteiger partial charge is 0.241 e. The number of carbonyl (C=O) groups is 1. The zero-order chi connectivity index (χ0) is 26.5. The topological polar surface area (TPSA) is 132 Å². The van der Waals surface area contributed by atoms with Crippen LogP contribution >= 0.6 is 0 Å². The van der Waals surface area contributed by atoms with E-state index >= 15 is 0 Å². The molecule has 9 nitrogen and oxygen atoms in total. The van der Waals surface area contributed by atoms with Crippen molar-refractivity contribution in [2.45, 2.75) is 48.1 Å². The van der Waals surface area contributed by atoms with Gasteiger partial charge in [-0.3, -0.25) is 9.78 Å². The number of benzene rings is 2. The number of para-hydroxylation sites is 1. The maximum Gasteiger partial charge on any atom is 0.241 e.